The zero-order valence-corrected chi connectivity index (χ0v) is 15.0. The fourth-order valence-electron chi connectivity index (χ4n) is 2.76. The van der Waals surface area contributed by atoms with E-state index in [1.807, 2.05) is 19.1 Å². The van der Waals surface area contributed by atoms with Crippen molar-refractivity contribution in [3.8, 4) is 16.8 Å². The Labute approximate surface area is 154 Å². The molecule has 0 atom stereocenters. The molecule has 4 rings (SSSR count). The molecule has 1 fully saturated rings. The number of carbonyl (C=O) groups excluding carboxylic acids is 1. The molecule has 0 saturated heterocycles. The van der Waals surface area contributed by atoms with Crippen LogP contribution in [0.5, 0.6) is 0 Å². The summed E-state index contributed by atoms with van der Waals surface area (Å²) >= 11 is 1.52. The van der Waals surface area contributed by atoms with Gasteiger partial charge in [-0.3, -0.25) is 4.79 Å². The van der Waals surface area contributed by atoms with E-state index in [9.17, 15) is 4.79 Å². The third kappa shape index (κ3) is 3.11. The van der Waals surface area contributed by atoms with E-state index in [-0.39, 0.29) is 5.91 Å². The van der Waals surface area contributed by atoms with Crippen LogP contribution in [0.2, 0.25) is 0 Å². The summed E-state index contributed by atoms with van der Waals surface area (Å²) in [5.41, 5.74) is 1.76. The minimum Gasteiger partial charge on any atom is -0.339 e. The minimum atomic E-state index is -0.217. The average Bonchev–Trinajstić information content (AvgIpc) is 3.21. The molecule has 2 aromatic heterocycles. The van der Waals surface area contributed by atoms with E-state index in [0.29, 0.717) is 28.8 Å². The maximum Gasteiger partial charge on any atom is 0.255 e. The Morgan fingerprint density at radius 1 is 1.35 bits per heavy atom. The predicted octanol–water partition coefficient (Wildman–Crippen LogP) is 4.50. The molecule has 3 aromatic rings. The molecule has 1 saturated carbocycles. The van der Waals surface area contributed by atoms with Crippen LogP contribution in [0.3, 0.4) is 0 Å². The van der Waals surface area contributed by atoms with Gasteiger partial charge in [0.2, 0.25) is 11.7 Å². The van der Waals surface area contributed by atoms with Gasteiger partial charge in [-0.1, -0.05) is 11.6 Å². The fourth-order valence-corrected chi connectivity index (χ4v) is 3.66. The van der Waals surface area contributed by atoms with Crippen LogP contribution >= 0.6 is 11.3 Å². The second-order valence-corrected chi connectivity index (χ2v) is 7.56. The predicted molar refractivity (Wildman–Crippen MR) is 98.1 cm³/mol. The summed E-state index contributed by atoms with van der Waals surface area (Å²) in [7, 11) is 0. The lowest BCUT2D eigenvalue weighted by molar-refractivity contribution is 0.102. The van der Waals surface area contributed by atoms with Gasteiger partial charge in [-0.05, 0) is 50.1 Å². The molecule has 6 nitrogen and oxygen atoms in total. The Bertz CT molecular complexity index is 993. The molecule has 0 bridgehead atoms. The Kier molecular flexibility index (Phi) is 4.27. The zero-order valence-electron chi connectivity index (χ0n) is 14.2. The second-order valence-electron chi connectivity index (χ2n) is 6.31. The molecule has 1 amide bonds. The number of nitriles is 1. The Hall–Kier alpha value is -2.98. The normalized spacial score (nSPS) is 13.8. The number of anilines is 1. The number of hydrogen-bond donors (Lipinski definition) is 1. The van der Waals surface area contributed by atoms with Crippen molar-refractivity contribution in [1.29, 1.82) is 5.26 Å². The Morgan fingerprint density at radius 2 is 2.12 bits per heavy atom. The Balaban J connectivity index is 1.51. The lowest BCUT2D eigenvalue weighted by atomic mass is 9.85. The maximum absolute atomic E-state index is 12.4. The van der Waals surface area contributed by atoms with Gasteiger partial charge in [0.05, 0.1) is 22.2 Å². The molecular formula is C19H16N4O2S. The van der Waals surface area contributed by atoms with Crippen LogP contribution in [0.15, 0.2) is 34.9 Å². The number of nitrogens with one attached hydrogen (secondary N) is 1. The highest BCUT2D eigenvalue weighted by atomic mass is 32.1. The summed E-state index contributed by atoms with van der Waals surface area (Å²) in [5.74, 6) is 1.46. The zero-order chi connectivity index (χ0) is 18.1. The second kappa shape index (κ2) is 6.73. The van der Waals surface area contributed by atoms with Crippen molar-refractivity contribution in [1.82, 2.24) is 10.1 Å². The maximum atomic E-state index is 12.4. The molecule has 0 spiro atoms. The van der Waals surface area contributed by atoms with E-state index in [1.165, 1.54) is 17.8 Å². The lowest BCUT2D eigenvalue weighted by Crippen LogP contribution is -2.11. The van der Waals surface area contributed by atoms with Gasteiger partial charge in [0.25, 0.3) is 5.91 Å². The summed E-state index contributed by atoms with van der Waals surface area (Å²) in [6, 6.07) is 10.4. The largest absolute Gasteiger partial charge is 0.339 e. The van der Waals surface area contributed by atoms with Crippen LogP contribution in [0.1, 0.15) is 51.9 Å². The van der Waals surface area contributed by atoms with Crippen LogP contribution in [-0.4, -0.2) is 16.0 Å². The number of carbonyl (C=O) groups is 1. The summed E-state index contributed by atoms with van der Waals surface area (Å²) in [6.07, 6.45) is 3.43. The molecule has 26 heavy (non-hydrogen) atoms. The summed E-state index contributed by atoms with van der Waals surface area (Å²) < 4.78 is 5.38. The van der Waals surface area contributed by atoms with E-state index in [1.54, 1.807) is 24.3 Å². The van der Waals surface area contributed by atoms with Gasteiger partial charge < -0.3 is 9.84 Å². The highest BCUT2D eigenvalue weighted by molar-refractivity contribution is 7.16. The average molecular weight is 364 g/mol. The number of aryl methyl sites for hydroxylation is 1. The van der Waals surface area contributed by atoms with E-state index in [0.717, 1.165) is 28.3 Å². The van der Waals surface area contributed by atoms with Crippen molar-refractivity contribution in [2.45, 2.75) is 32.1 Å². The lowest BCUT2D eigenvalue weighted by Gasteiger charge is -2.20. The molecule has 2 heterocycles. The first kappa shape index (κ1) is 16.5. The number of aromatic nitrogens is 2. The molecule has 1 aliphatic rings. The number of hydrogen-bond acceptors (Lipinski definition) is 6. The van der Waals surface area contributed by atoms with E-state index >= 15 is 0 Å². The van der Waals surface area contributed by atoms with Gasteiger partial charge in [-0.2, -0.15) is 10.2 Å². The number of amides is 1. The first-order valence-electron chi connectivity index (χ1n) is 8.40. The number of thiophene rings is 1. The van der Waals surface area contributed by atoms with Gasteiger partial charge in [0, 0.05) is 16.4 Å². The first-order chi connectivity index (χ1) is 12.6. The highest BCUT2D eigenvalue weighted by Crippen LogP contribution is 2.38. The molecule has 1 aliphatic carbocycles. The monoisotopic (exact) mass is 364 g/mol. The van der Waals surface area contributed by atoms with Crippen molar-refractivity contribution in [2.75, 3.05) is 5.32 Å². The van der Waals surface area contributed by atoms with Gasteiger partial charge in [0.1, 0.15) is 0 Å². The third-order valence-corrected chi connectivity index (χ3v) is 5.61. The van der Waals surface area contributed by atoms with Gasteiger partial charge in [-0.15, -0.1) is 11.3 Å². The smallest absolute Gasteiger partial charge is 0.255 e. The van der Waals surface area contributed by atoms with Crippen LogP contribution in [0, 0.1) is 18.3 Å². The molecule has 0 radical (unpaired) electrons. The molecule has 1 N–H and O–H groups in total. The van der Waals surface area contributed by atoms with E-state index < -0.39 is 0 Å². The first-order valence-corrected chi connectivity index (χ1v) is 9.21. The molecule has 0 unspecified atom stereocenters. The third-order valence-electron chi connectivity index (χ3n) is 4.56. The van der Waals surface area contributed by atoms with Crippen molar-refractivity contribution in [3.63, 3.8) is 0 Å². The number of nitrogens with zero attached hydrogens (tertiary/aromatic N) is 3. The van der Waals surface area contributed by atoms with Gasteiger partial charge in [-0.25, -0.2) is 0 Å². The number of rotatable bonds is 4. The van der Waals surface area contributed by atoms with Crippen LogP contribution in [0.25, 0.3) is 10.7 Å². The van der Waals surface area contributed by atoms with Gasteiger partial charge >= 0.3 is 0 Å². The van der Waals surface area contributed by atoms with Crippen LogP contribution < -0.4 is 5.32 Å². The minimum absolute atomic E-state index is 0.217. The summed E-state index contributed by atoms with van der Waals surface area (Å²) in [5, 5.41) is 15.8. The SMILES string of the molecule is Cc1sc(-c2noc(C3CCC3)n2)cc1NC(=O)c1ccc(C#N)cc1. The van der Waals surface area contributed by atoms with Gasteiger partial charge in [0.15, 0.2) is 0 Å². The van der Waals surface area contributed by atoms with Crippen LogP contribution in [-0.2, 0) is 0 Å². The number of benzene rings is 1. The van der Waals surface area contributed by atoms with Crippen molar-refractivity contribution in [3.05, 3.63) is 52.2 Å². The molecule has 0 aliphatic heterocycles. The topological polar surface area (TPSA) is 91.8 Å². The van der Waals surface area contributed by atoms with Crippen LogP contribution in [0.4, 0.5) is 5.69 Å². The highest BCUT2D eigenvalue weighted by Gasteiger charge is 2.26. The van der Waals surface area contributed by atoms with Crippen molar-refractivity contribution < 1.29 is 9.32 Å². The molecule has 1 aromatic carbocycles. The Morgan fingerprint density at radius 3 is 2.77 bits per heavy atom. The quantitative estimate of drug-likeness (QED) is 0.736. The standard InChI is InChI=1S/C19H16N4O2S/c1-11-15(21-18(24)13-7-5-12(10-20)6-8-13)9-16(26-11)17-22-19(25-23-17)14-3-2-4-14/h5-9,14H,2-4H2,1H3,(H,21,24). The molecule has 130 valence electrons. The summed E-state index contributed by atoms with van der Waals surface area (Å²) in [4.78, 5) is 18.8. The van der Waals surface area contributed by atoms with E-state index in [4.69, 9.17) is 9.78 Å². The van der Waals surface area contributed by atoms with E-state index in [2.05, 4.69) is 15.5 Å². The molecular weight excluding hydrogens is 348 g/mol. The molecule has 7 heteroatoms. The fraction of sp³-hybridized carbons (Fsp3) is 0.263. The van der Waals surface area contributed by atoms with Crippen molar-refractivity contribution >= 4 is 22.9 Å². The summed E-state index contributed by atoms with van der Waals surface area (Å²) in [6.45, 7) is 1.94. The van der Waals surface area contributed by atoms with Crippen molar-refractivity contribution in [2.24, 2.45) is 0 Å².